The molecule has 1 unspecified atom stereocenters. The minimum atomic E-state index is -0.180. The number of fused-ring (bicyclic) bond motifs is 1. The number of rotatable bonds is 3. The maximum atomic E-state index is 12.3. The number of amides is 1. The van der Waals surface area contributed by atoms with Gasteiger partial charge < -0.3 is 5.32 Å². The van der Waals surface area contributed by atoms with Gasteiger partial charge in [-0.25, -0.2) is 0 Å². The van der Waals surface area contributed by atoms with Crippen molar-refractivity contribution in [3.05, 3.63) is 34.9 Å². The molecule has 1 aromatic rings. The third-order valence-electron chi connectivity index (χ3n) is 4.29. The molecule has 1 aromatic carbocycles. The van der Waals surface area contributed by atoms with Gasteiger partial charge >= 0.3 is 0 Å². The van der Waals surface area contributed by atoms with Crippen LogP contribution in [-0.2, 0) is 11.2 Å². The van der Waals surface area contributed by atoms with Crippen molar-refractivity contribution >= 4 is 11.7 Å². The van der Waals surface area contributed by atoms with Crippen LogP contribution in [0.5, 0.6) is 0 Å². The lowest BCUT2D eigenvalue weighted by molar-refractivity contribution is -0.125. The van der Waals surface area contributed by atoms with E-state index in [-0.39, 0.29) is 17.6 Å². The molecule has 1 saturated carbocycles. The van der Waals surface area contributed by atoms with E-state index >= 15 is 0 Å². The van der Waals surface area contributed by atoms with Gasteiger partial charge in [0.2, 0.25) is 5.91 Å². The van der Waals surface area contributed by atoms with E-state index < -0.39 is 0 Å². The second-order valence-electron chi connectivity index (χ2n) is 6.38. The summed E-state index contributed by atoms with van der Waals surface area (Å²) in [5.41, 5.74) is 3.05. The normalized spacial score (nSPS) is 21.8. The zero-order chi connectivity index (χ0) is 14.3. The molecule has 1 atom stereocenters. The molecule has 0 spiro atoms. The molecule has 1 N–H and O–H groups in total. The van der Waals surface area contributed by atoms with Crippen LogP contribution in [0.25, 0.3) is 0 Å². The van der Waals surface area contributed by atoms with Crippen LogP contribution in [0.4, 0.5) is 0 Å². The Morgan fingerprint density at radius 3 is 2.65 bits per heavy atom. The van der Waals surface area contributed by atoms with Crippen molar-refractivity contribution in [3.8, 4) is 0 Å². The van der Waals surface area contributed by atoms with Gasteiger partial charge in [0, 0.05) is 23.9 Å². The molecular weight excluding hydrogens is 250 g/mol. The summed E-state index contributed by atoms with van der Waals surface area (Å²) >= 11 is 0. The van der Waals surface area contributed by atoms with Crippen LogP contribution >= 0.6 is 0 Å². The largest absolute Gasteiger partial charge is 0.353 e. The Hall–Kier alpha value is -1.64. The van der Waals surface area contributed by atoms with E-state index in [2.05, 4.69) is 25.2 Å². The second-order valence-corrected chi connectivity index (χ2v) is 6.38. The fraction of sp³-hybridized carbons (Fsp3) is 0.529. The van der Waals surface area contributed by atoms with Crippen LogP contribution in [0.15, 0.2) is 18.2 Å². The minimum absolute atomic E-state index is 0.0550. The van der Waals surface area contributed by atoms with E-state index in [9.17, 15) is 9.59 Å². The molecular formula is C17H21NO2. The molecule has 0 heterocycles. The number of hydrogen-bond acceptors (Lipinski definition) is 2. The molecule has 106 valence electrons. The Morgan fingerprint density at radius 2 is 2.00 bits per heavy atom. The van der Waals surface area contributed by atoms with E-state index in [0.29, 0.717) is 24.8 Å². The van der Waals surface area contributed by atoms with Crippen molar-refractivity contribution in [3.63, 3.8) is 0 Å². The zero-order valence-electron chi connectivity index (χ0n) is 12.1. The third-order valence-corrected chi connectivity index (χ3v) is 4.29. The lowest BCUT2D eigenvalue weighted by Crippen LogP contribution is -2.36. The summed E-state index contributed by atoms with van der Waals surface area (Å²) in [5, 5.41) is 3.01. The Labute approximate surface area is 119 Å². The summed E-state index contributed by atoms with van der Waals surface area (Å²) in [7, 11) is 0. The molecule has 1 amide bonds. The Kier molecular flexibility index (Phi) is 3.36. The lowest BCUT2D eigenvalue weighted by Gasteiger charge is -2.24. The highest BCUT2D eigenvalue weighted by Gasteiger charge is 2.33. The monoisotopic (exact) mass is 271 g/mol. The molecule has 2 aliphatic carbocycles. The third kappa shape index (κ3) is 2.62. The van der Waals surface area contributed by atoms with Gasteiger partial charge in [0.1, 0.15) is 0 Å². The van der Waals surface area contributed by atoms with E-state index in [1.165, 1.54) is 5.56 Å². The van der Waals surface area contributed by atoms with Gasteiger partial charge in [-0.1, -0.05) is 26.0 Å². The highest BCUT2D eigenvalue weighted by molar-refractivity contribution is 6.01. The second kappa shape index (κ2) is 5.04. The number of ketones is 1. The summed E-state index contributed by atoms with van der Waals surface area (Å²) in [6, 6.07) is 6.48. The van der Waals surface area contributed by atoms with Gasteiger partial charge in [-0.05, 0) is 42.4 Å². The van der Waals surface area contributed by atoms with E-state index in [1.54, 1.807) is 0 Å². The number of benzene rings is 1. The van der Waals surface area contributed by atoms with Crippen LogP contribution < -0.4 is 5.32 Å². The summed E-state index contributed by atoms with van der Waals surface area (Å²) in [4.78, 5) is 24.4. The molecule has 0 aromatic heterocycles. The number of carbonyl (C=O) groups excluding carboxylic acids is 2. The smallest absolute Gasteiger partial charge is 0.224 e. The predicted octanol–water partition coefficient (Wildman–Crippen LogP) is 2.83. The van der Waals surface area contributed by atoms with Crippen molar-refractivity contribution in [2.45, 2.75) is 51.5 Å². The molecule has 1 fully saturated rings. The highest BCUT2D eigenvalue weighted by atomic mass is 16.2. The Balaban J connectivity index is 1.80. The van der Waals surface area contributed by atoms with Crippen molar-refractivity contribution in [1.29, 1.82) is 0 Å². The summed E-state index contributed by atoms with van der Waals surface area (Å²) in [5.74, 6) is 0.411. The average Bonchev–Trinajstić information content (AvgIpc) is 3.22. The summed E-state index contributed by atoms with van der Waals surface area (Å²) in [6.45, 7) is 4.25. The van der Waals surface area contributed by atoms with Gasteiger partial charge in [0.15, 0.2) is 5.78 Å². The van der Waals surface area contributed by atoms with E-state index in [4.69, 9.17) is 0 Å². The van der Waals surface area contributed by atoms with Crippen molar-refractivity contribution < 1.29 is 9.59 Å². The van der Waals surface area contributed by atoms with Crippen LogP contribution in [0.3, 0.4) is 0 Å². The van der Waals surface area contributed by atoms with Crippen LogP contribution in [0.1, 0.15) is 60.5 Å². The quantitative estimate of drug-likeness (QED) is 0.919. The number of nitrogens with one attached hydrogen (secondary N) is 1. The summed E-state index contributed by atoms with van der Waals surface area (Å²) < 4.78 is 0. The number of hydrogen-bond donors (Lipinski definition) is 1. The first-order chi connectivity index (χ1) is 9.54. The average molecular weight is 271 g/mol. The van der Waals surface area contributed by atoms with Gasteiger partial charge in [0.25, 0.3) is 0 Å². The van der Waals surface area contributed by atoms with E-state index in [1.807, 2.05) is 12.1 Å². The molecule has 0 aliphatic heterocycles. The maximum Gasteiger partial charge on any atom is 0.224 e. The lowest BCUT2D eigenvalue weighted by atomic mass is 9.81. The minimum Gasteiger partial charge on any atom is -0.353 e. The fourth-order valence-electron chi connectivity index (χ4n) is 2.79. The Morgan fingerprint density at radius 1 is 1.25 bits per heavy atom. The fourth-order valence-corrected chi connectivity index (χ4v) is 2.79. The van der Waals surface area contributed by atoms with Crippen molar-refractivity contribution in [2.24, 2.45) is 5.92 Å². The van der Waals surface area contributed by atoms with Crippen molar-refractivity contribution in [2.75, 3.05) is 0 Å². The Bertz CT molecular complexity index is 558. The van der Waals surface area contributed by atoms with Crippen LogP contribution in [0.2, 0.25) is 0 Å². The molecule has 0 bridgehead atoms. The first-order valence-corrected chi connectivity index (χ1v) is 7.51. The first-order valence-electron chi connectivity index (χ1n) is 7.51. The highest BCUT2D eigenvalue weighted by Crippen LogP contribution is 2.29. The SMILES string of the molecule is CC(C)c1ccc2c(c1)C(=O)CC(C(=O)NC1CC1)C2. The molecule has 20 heavy (non-hydrogen) atoms. The number of Topliss-reactive ketones (excluding diaryl/α,β-unsaturated/α-hetero) is 1. The summed E-state index contributed by atoms with van der Waals surface area (Å²) in [6.07, 6.45) is 3.21. The predicted molar refractivity (Wildman–Crippen MR) is 77.8 cm³/mol. The first kappa shape index (κ1) is 13.3. The molecule has 3 rings (SSSR count). The van der Waals surface area contributed by atoms with Gasteiger partial charge in [0.05, 0.1) is 0 Å². The van der Waals surface area contributed by atoms with Crippen LogP contribution in [0, 0.1) is 5.92 Å². The van der Waals surface area contributed by atoms with Gasteiger partial charge in [-0.2, -0.15) is 0 Å². The molecule has 0 saturated heterocycles. The van der Waals surface area contributed by atoms with Gasteiger partial charge in [-0.15, -0.1) is 0 Å². The topological polar surface area (TPSA) is 46.2 Å². The number of carbonyl (C=O) groups is 2. The molecule has 0 radical (unpaired) electrons. The molecule has 3 heteroatoms. The van der Waals surface area contributed by atoms with E-state index in [0.717, 1.165) is 24.0 Å². The standard InChI is InChI=1S/C17H21NO2/c1-10(2)11-3-4-12-7-13(9-16(19)15(12)8-11)17(20)18-14-5-6-14/h3-4,8,10,13-14H,5-7,9H2,1-2H3,(H,18,20). The zero-order valence-corrected chi connectivity index (χ0v) is 12.1. The van der Waals surface area contributed by atoms with Crippen LogP contribution in [-0.4, -0.2) is 17.7 Å². The molecule has 2 aliphatic rings. The maximum absolute atomic E-state index is 12.3. The molecule has 3 nitrogen and oxygen atoms in total. The van der Waals surface area contributed by atoms with Gasteiger partial charge in [-0.3, -0.25) is 9.59 Å². The van der Waals surface area contributed by atoms with Crippen molar-refractivity contribution in [1.82, 2.24) is 5.32 Å².